The molecular weight excluding hydrogens is 373 g/mol. The summed E-state index contributed by atoms with van der Waals surface area (Å²) in [5.41, 5.74) is 1.08. The van der Waals surface area contributed by atoms with Crippen LogP contribution in [0.15, 0.2) is 12.4 Å². The van der Waals surface area contributed by atoms with Crippen LogP contribution in [0.2, 0.25) is 0 Å². The number of rotatable bonds is 3. The van der Waals surface area contributed by atoms with Crippen LogP contribution in [-0.4, -0.2) is 55.9 Å². The molecule has 2 aromatic rings. The van der Waals surface area contributed by atoms with Gasteiger partial charge in [0.1, 0.15) is 9.88 Å². The average Bonchev–Trinajstić information content (AvgIpc) is 3.23. The molecule has 0 unspecified atom stereocenters. The number of hydrogen-bond donors (Lipinski definition) is 1. The highest BCUT2D eigenvalue weighted by molar-refractivity contribution is 7.17. The topological polar surface area (TPSA) is 88.3 Å². The number of halogens is 3. The van der Waals surface area contributed by atoms with E-state index in [1.54, 1.807) is 31.0 Å². The molecule has 1 aliphatic rings. The van der Waals surface area contributed by atoms with Gasteiger partial charge in [0.15, 0.2) is 0 Å². The van der Waals surface area contributed by atoms with E-state index in [1.807, 2.05) is 0 Å². The lowest BCUT2D eigenvalue weighted by Gasteiger charge is -2.18. The maximum absolute atomic E-state index is 13.1. The monoisotopic (exact) mass is 388 g/mol. The Bertz CT molecular complexity index is 861. The van der Waals surface area contributed by atoms with Crippen molar-refractivity contribution in [2.75, 3.05) is 13.1 Å². The predicted octanol–water partition coefficient (Wildman–Crippen LogP) is 2.19. The summed E-state index contributed by atoms with van der Waals surface area (Å²) in [6.45, 7) is 0.451. The number of aromatic nitrogens is 3. The summed E-state index contributed by atoms with van der Waals surface area (Å²) in [5.74, 6) is -5.92. The zero-order chi connectivity index (χ0) is 19.2. The van der Waals surface area contributed by atoms with Gasteiger partial charge in [-0.3, -0.25) is 14.3 Å². The summed E-state index contributed by atoms with van der Waals surface area (Å²) >= 11 is 1.05. The molecule has 2 atom stereocenters. The van der Waals surface area contributed by atoms with Crippen LogP contribution in [0.1, 0.15) is 15.4 Å². The van der Waals surface area contributed by atoms with E-state index in [0.717, 1.165) is 16.2 Å². The molecule has 1 saturated heterocycles. The van der Waals surface area contributed by atoms with Gasteiger partial charge >= 0.3 is 12.1 Å². The molecular formula is C15H15F3N4O3S. The van der Waals surface area contributed by atoms with Crippen molar-refractivity contribution in [3.8, 4) is 10.6 Å². The summed E-state index contributed by atoms with van der Waals surface area (Å²) in [5, 5.41) is 13.6. The third-order valence-corrected chi connectivity index (χ3v) is 5.48. The highest BCUT2D eigenvalue weighted by Gasteiger charge is 2.53. The standard InChI is InChI=1S/C15H15F3N4O3S/c1-7-11(26-12(20-7)8-3-19-21(2)4-8)13(23)22-5-9(14(24)25)10(6-22)15(16,17)18/h3-4,9-10H,5-6H2,1-2H3,(H,24,25)/t9-,10-/m1/s1. The number of carbonyl (C=O) groups excluding carboxylic acids is 1. The van der Waals surface area contributed by atoms with Gasteiger partial charge in [0, 0.05) is 31.9 Å². The Morgan fingerprint density at radius 1 is 1.35 bits per heavy atom. The predicted molar refractivity (Wildman–Crippen MR) is 85.6 cm³/mol. The summed E-state index contributed by atoms with van der Waals surface area (Å²) in [7, 11) is 1.73. The van der Waals surface area contributed by atoms with Crippen LogP contribution in [0.3, 0.4) is 0 Å². The molecule has 0 radical (unpaired) electrons. The number of likely N-dealkylation sites (tertiary alicyclic amines) is 1. The Morgan fingerprint density at radius 3 is 2.54 bits per heavy atom. The lowest BCUT2D eigenvalue weighted by Crippen LogP contribution is -2.34. The Labute approximate surface area is 150 Å². The van der Waals surface area contributed by atoms with Crippen molar-refractivity contribution in [1.29, 1.82) is 0 Å². The fourth-order valence-electron chi connectivity index (χ4n) is 2.95. The molecule has 0 aromatic carbocycles. The summed E-state index contributed by atoms with van der Waals surface area (Å²) in [4.78, 5) is 29.3. The van der Waals surface area contributed by atoms with Gasteiger partial charge in [0.2, 0.25) is 0 Å². The molecule has 3 rings (SSSR count). The Balaban J connectivity index is 1.86. The quantitative estimate of drug-likeness (QED) is 0.871. The highest BCUT2D eigenvalue weighted by atomic mass is 32.1. The molecule has 0 spiro atoms. The second-order valence-corrected chi connectivity index (χ2v) is 7.14. The fraction of sp³-hybridized carbons (Fsp3) is 0.467. The lowest BCUT2D eigenvalue weighted by atomic mass is 9.96. The SMILES string of the molecule is Cc1nc(-c2cnn(C)c2)sc1C(=O)N1C[C@@H](C(F)(F)F)[C@H](C(=O)O)C1. The first-order valence-corrected chi connectivity index (χ1v) is 8.44. The molecule has 140 valence electrons. The van der Waals surface area contributed by atoms with Crippen molar-refractivity contribution in [1.82, 2.24) is 19.7 Å². The lowest BCUT2D eigenvalue weighted by molar-refractivity contribution is -0.187. The Hall–Kier alpha value is -2.43. The number of carboxylic acids is 1. The molecule has 1 aliphatic heterocycles. The summed E-state index contributed by atoms with van der Waals surface area (Å²) in [6.07, 6.45) is -1.40. The van der Waals surface area contributed by atoms with Gasteiger partial charge in [-0.1, -0.05) is 0 Å². The minimum absolute atomic E-state index is 0.204. The number of carbonyl (C=O) groups is 2. The molecule has 11 heteroatoms. The molecule has 0 bridgehead atoms. The van der Waals surface area contributed by atoms with Gasteiger partial charge in [0.05, 0.1) is 23.7 Å². The van der Waals surface area contributed by atoms with Crippen molar-refractivity contribution in [2.45, 2.75) is 13.1 Å². The molecule has 7 nitrogen and oxygen atoms in total. The molecule has 1 amide bonds. The van der Waals surface area contributed by atoms with Crippen LogP contribution < -0.4 is 0 Å². The average molecular weight is 388 g/mol. The van der Waals surface area contributed by atoms with E-state index >= 15 is 0 Å². The number of amides is 1. The second-order valence-electron chi connectivity index (χ2n) is 6.14. The highest BCUT2D eigenvalue weighted by Crippen LogP contribution is 2.39. The maximum atomic E-state index is 13.1. The van der Waals surface area contributed by atoms with Crippen LogP contribution in [0, 0.1) is 18.8 Å². The van der Waals surface area contributed by atoms with Gasteiger partial charge in [0.25, 0.3) is 5.91 Å². The van der Waals surface area contributed by atoms with E-state index in [2.05, 4.69) is 10.1 Å². The van der Waals surface area contributed by atoms with Crippen LogP contribution in [-0.2, 0) is 11.8 Å². The van der Waals surface area contributed by atoms with Crippen molar-refractivity contribution in [3.63, 3.8) is 0 Å². The molecule has 0 aliphatic carbocycles. The van der Waals surface area contributed by atoms with Crippen LogP contribution in [0.25, 0.3) is 10.6 Å². The first-order chi connectivity index (χ1) is 12.1. The van der Waals surface area contributed by atoms with Crippen LogP contribution >= 0.6 is 11.3 Å². The first kappa shape index (κ1) is 18.4. The molecule has 1 N–H and O–H groups in total. The maximum Gasteiger partial charge on any atom is 0.394 e. The van der Waals surface area contributed by atoms with Crippen molar-refractivity contribution < 1.29 is 27.9 Å². The van der Waals surface area contributed by atoms with Crippen molar-refractivity contribution in [2.24, 2.45) is 18.9 Å². The van der Waals surface area contributed by atoms with Gasteiger partial charge < -0.3 is 10.0 Å². The first-order valence-electron chi connectivity index (χ1n) is 7.63. The molecule has 3 heterocycles. The van der Waals surface area contributed by atoms with E-state index in [4.69, 9.17) is 5.11 Å². The number of thiazole rings is 1. The molecule has 1 fully saturated rings. The smallest absolute Gasteiger partial charge is 0.394 e. The fourth-order valence-corrected chi connectivity index (χ4v) is 3.95. The minimum atomic E-state index is -4.68. The summed E-state index contributed by atoms with van der Waals surface area (Å²) < 4.78 is 40.9. The largest absolute Gasteiger partial charge is 0.481 e. The summed E-state index contributed by atoms with van der Waals surface area (Å²) in [6, 6.07) is 0. The van der Waals surface area contributed by atoms with Gasteiger partial charge in [-0.25, -0.2) is 4.98 Å². The van der Waals surface area contributed by atoms with Gasteiger partial charge in [-0.15, -0.1) is 11.3 Å². The van der Waals surface area contributed by atoms with E-state index in [-0.39, 0.29) is 4.88 Å². The minimum Gasteiger partial charge on any atom is -0.481 e. The van der Waals surface area contributed by atoms with E-state index in [9.17, 15) is 22.8 Å². The number of nitrogens with zero attached hydrogens (tertiary/aromatic N) is 4. The van der Waals surface area contributed by atoms with E-state index in [0.29, 0.717) is 16.3 Å². The second kappa shape index (κ2) is 6.38. The Kier molecular flexibility index (Phi) is 4.51. The number of aryl methyl sites for hydroxylation is 2. The number of hydrogen-bond acceptors (Lipinski definition) is 5. The normalized spacial score (nSPS) is 20.6. The van der Waals surface area contributed by atoms with Crippen molar-refractivity contribution in [3.05, 3.63) is 23.0 Å². The molecule has 0 saturated carbocycles. The van der Waals surface area contributed by atoms with Crippen LogP contribution in [0.4, 0.5) is 13.2 Å². The van der Waals surface area contributed by atoms with Crippen LogP contribution in [0.5, 0.6) is 0 Å². The van der Waals surface area contributed by atoms with E-state index in [1.165, 1.54) is 0 Å². The van der Waals surface area contributed by atoms with E-state index < -0.39 is 43.0 Å². The molecule has 26 heavy (non-hydrogen) atoms. The number of carboxylic acid groups (broad SMARTS) is 1. The Morgan fingerprint density at radius 2 is 2.04 bits per heavy atom. The third kappa shape index (κ3) is 3.30. The van der Waals surface area contributed by atoms with Crippen molar-refractivity contribution >= 4 is 23.2 Å². The molecule has 2 aromatic heterocycles. The van der Waals surface area contributed by atoms with Gasteiger partial charge in [-0.2, -0.15) is 18.3 Å². The number of alkyl halides is 3. The van der Waals surface area contributed by atoms with Gasteiger partial charge in [-0.05, 0) is 6.92 Å². The third-order valence-electron chi connectivity index (χ3n) is 4.29. The zero-order valence-corrected chi connectivity index (χ0v) is 14.6. The number of aliphatic carboxylic acids is 1. The zero-order valence-electron chi connectivity index (χ0n) is 13.8.